The van der Waals surface area contributed by atoms with Crippen molar-refractivity contribution in [1.82, 2.24) is 10.2 Å². The second kappa shape index (κ2) is 3.73. The molecule has 0 radical (unpaired) electrons. The lowest BCUT2D eigenvalue weighted by Gasteiger charge is -2.03. The molecule has 15 heavy (non-hydrogen) atoms. The molecule has 0 aliphatic rings. The van der Waals surface area contributed by atoms with Crippen LogP contribution in [0.5, 0.6) is 0 Å². The fraction of sp³-hybridized carbons (Fsp3) is 0.273. The topological polar surface area (TPSA) is 66.0 Å². The summed E-state index contributed by atoms with van der Waals surface area (Å²) in [6.07, 6.45) is 2.61. The van der Waals surface area contributed by atoms with E-state index in [-0.39, 0.29) is 6.42 Å². The maximum atomic E-state index is 10.7. The Morgan fingerprint density at radius 1 is 1.53 bits per heavy atom. The molecule has 0 fully saturated rings. The third kappa shape index (κ3) is 1.83. The highest BCUT2D eigenvalue weighted by Crippen LogP contribution is 2.20. The van der Waals surface area contributed by atoms with Gasteiger partial charge in [-0.15, -0.1) is 0 Å². The molecule has 2 aromatic rings. The smallest absolute Gasteiger partial charge is 0.307 e. The molecule has 78 valence electrons. The predicted octanol–water partition coefficient (Wildman–Crippen LogP) is 1.75. The predicted molar refractivity (Wildman–Crippen MR) is 56.8 cm³/mol. The van der Waals surface area contributed by atoms with Crippen LogP contribution >= 0.6 is 0 Å². The number of carboxylic acid groups (broad SMARTS) is 1. The van der Waals surface area contributed by atoms with E-state index in [9.17, 15) is 4.79 Å². The van der Waals surface area contributed by atoms with Crippen molar-refractivity contribution in [2.24, 2.45) is 0 Å². The summed E-state index contributed by atoms with van der Waals surface area (Å²) in [4.78, 5) is 10.7. The average molecular weight is 204 g/mol. The Labute approximate surface area is 86.9 Å². The number of aliphatic carboxylic acids is 1. The molecule has 1 aromatic heterocycles. The van der Waals surface area contributed by atoms with Crippen molar-refractivity contribution < 1.29 is 9.90 Å². The van der Waals surface area contributed by atoms with E-state index < -0.39 is 5.97 Å². The van der Waals surface area contributed by atoms with E-state index in [1.165, 1.54) is 0 Å². The number of H-pyrrole nitrogens is 1. The molecule has 0 saturated heterocycles. The van der Waals surface area contributed by atoms with E-state index in [0.717, 1.165) is 28.5 Å². The standard InChI is InChI=1S/C11H12N2O2/c1-2-7-3-8(5-11(14)15)9-6-12-13-10(9)4-7/h3-4,6H,2,5H2,1H3,(H,12,13)(H,14,15). The summed E-state index contributed by atoms with van der Waals surface area (Å²) in [5, 5.41) is 16.5. The molecule has 0 atom stereocenters. The minimum atomic E-state index is -0.814. The van der Waals surface area contributed by atoms with Crippen LogP contribution in [0.15, 0.2) is 18.3 Å². The Hall–Kier alpha value is -1.84. The van der Waals surface area contributed by atoms with Crippen molar-refractivity contribution >= 4 is 16.9 Å². The van der Waals surface area contributed by atoms with Crippen LogP contribution < -0.4 is 0 Å². The van der Waals surface area contributed by atoms with Gasteiger partial charge in [-0.1, -0.05) is 13.0 Å². The lowest BCUT2D eigenvalue weighted by molar-refractivity contribution is -0.136. The Morgan fingerprint density at radius 2 is 2.33 bits per heavy atom. The maximum absolute atomic E-state index is 10.7. The molecule has 1 aromatic carbocycles. The van der Waals surface area contributed by atoms with Crippen LogP contribution in [0, 0.1) is 0 Å². The van der Waals surface area contributed by atoms with Gasteiger partial charge in [0.1, 0.15) is 0 Å². The number of carboxylic acids is 1. The molecular formula is C11H12N2O2. The molecule has 0 aliphatic heterocycles. The summed E-state index contributed by atoms with van der Waals surface area (Å²) in [5.74, 6) is -0.814. The van der Waals surface area contributed by atoms with Gasteiger partial charge in [0.25, 0.3) is 0 Å². The third-order valence-corrected chi connectivity index (χ3v) is 2.45. The Morgan fingerprint density at radius 3 is 3.00 bits per heavy atom. The first-order chi connectivity index (χ1) is 7.20. The first-order valence-electron chi connectivity index (χ1n) is 4.87. The van der Waals surface area contributed by atoms with Gasteiger partial charge >= 0.3 is 5.97 Å². The number of nitrogens with one attached hydrogen (secondary N) is 1. The average Bonchev–Trinajstić information content (AvgIpc) is 2.64. The number of aromatic amines is 1. The highest BCUT2D eigenvalue weighted by molar-refractivity contribution is 5.86. The highest BCUT2D eigenvalue weighted by Gasteiger charge is 2.08. The number of aryl methyl sites for hydroxylation is 1. The zero-order valence-electron chi connectivity index (χ0n) is 8.45. The lowest BCUT2D eigenvalue weighted by Crippen LogP contribution is -2.01. The zero-order valence-corrected chi connectivity index (χ0v) is 8.45. The lowest BCUT2D eigenvalue weighted by atomic mass is 10.0. The van der Waals surface area contributed by atoms with Crippen molar-refractivity contribution in [3.63, 3.8) is 0 Å². The van der Waals surface area contributed by atoms with E-state index in [0.29, 0.717) is 0 Å². The van der Waals surface area contributed by atoms with Crippen LogP contribution in [0.25, 0.3) is 10.9 Å². The molecule has 0 unspecified atom stereocenters. The molecule has 0 spiro atoms. The second-order valence-electron chi connectivity index (χ2n) is 3.51. The largest absolute Gasteiger partial charge is 0.481 e. The monoisotopic (exact) mass is 204 g/mol. The number of rotatable bonds is 3. The summed E-state index contributed by atoms with van der Waals surface area (Å²) < 4.78 is 0. The number of benzene rings is 1. The fourth-order valence-corrected chi connectivity index (χ4v) is 1.70. The highest BCUT2D eigenvalue weighted by atomic mass is 16.4. The number of carbonyl (C=O) groups is 1. The fourth-order valence-electron chi connectivity index (χ4n) is 1.70. The van der Waals surface area contributed by atoms with Gasteiger partial charge in [0.15, 0.2) is 0 Å². The van der Waals surface area contributed by atoms with E-state index in [4.69, 9.17) is 5.11 Å². The summed E-state index contributed by atoms with van der Waals surface area (Å²) >= 11 is 0. The van der Waals surface area contributed by atoms with Crippen LogP contribution in [-0.2, 0) is 17.6 Å². The molecule has 2 N–H and O–H groups in total. The van der Waals surface area contributed by atoms with Crippen LogP contribution in [0.1, 0.15) is 18.1 Å². The maximum Gasteiger partial charge on any atom is 0.307 e. The summed E-state index contributed by atoms with van der Waals surface area (Å²) in [7, 11) is 0. The van der Waals surface area contributed by atoms with Crippen LogP contribution in [-0.4, -0.2) is 21.3 Å². The molecule has 0 aliphatic carbocycles. The summed E-state index contributed by atoms with van der Waals surface area (Å²) in [5.41, 5.74) is 2.86. The first-order valence-corrected chi connectivity index (χ1v) is 4.87. The quantitative estimate of drug-likeness (QED) is 0.800. The van der Waals surface area contributed by atoms with Gasteiger partial charge in [0.2, 0.25) is 0 Å². The molecule has 4 heteroatoms. The van der Waals surface area contributed by atoms with E-state index in [2.05, 4.69) is 10.2 Å². The van der Waals surface area contributed by atoms with Crippen molar-refractivity contribution in [1.29, 1.82) is 0 Å². The molecule has 0 amide bonds. The van der Waals surface area contributed by atoms with Gasteiger partial charge in [0.05, 0.1) is 18.1 Å². The van der Waals surface area contributed by atoms with Crippen LogP contribution in [0.4, 0.5) is 0 Å². The van der Waals surface area contributed by atoms with Crippen LogP contribution in [0.2, 0.25) is 0 Å². The van der Waals surface area contributed by atoms with Crippen molar-refractivity contribution in [3.8, 4) is 0 Å². The number of hydrogen-bond donors (Lipinski definition) is 2. The SMILES string of the molecule is CCc1cc(CC(=O)O)c2cn[nH]c2c1. The van der Waals surface area contributed by atoms with Gasteiger partial charge in [-0.3, -0.25) is 9.89 Å². The van der Waals surface area contributed by atoms with Gasteiger partial charge in [-0.2, -0.15) is 5.10 Å². The second-order valence-corrected chi connectivity index (χ2v) is 3.51. The van der Waals surface area contributed by atoms with E-state index in [1.54, 1.807) is 6.20 Å². The van der Waals surface area contributed by atoms with Gasteiger partial charge in [-0.05, 0) is 23.6 Å². The summed E-state index contributed by atoms with van der Waals surface area (Å²) in [6.45, 7) is 2.04. The zero-order chi connectivity index (χ0) is 10.8. The van der Waals surface area contributed by atoms with Crippen molar-refractivity contribution in [2.45, 2.75) is 19.8 Å². The molecule has 1 heterocycles. The van der Waals surface area contributed by atoms with Gasteiger partial charge in [0, 0.05) is 5.39 Å². The third-order valence-electron chi connectivity index (χ3n) is 2.45. The van der Waals surface area contributed by atoms with E-state index in [1.807, 2.05) is 19.1 Å². The molecular weight excluding hydrogens is 192 g/mol. The minimum absolute atomic E-state index is 0.0455. The first kappa shape index (κ1) is 9.71. The molecule has 2 rings (SSSR count). The van der Waals surface area contributed by atoms with Gasteiger partial charge in [-0.25, -0.2) is 0 Å². The molecule has 0 saturated carbocycles. The number of fused-ring (bicyclic) bond motifs is 1. The number of nitrogens with zero attached hydrogens (tertiary/aromatic N) is 1. The summed E-state index contributed by atoms with van der Waals surface area (Å²) in [6, 6.07) is 3.94. The number of hydrogen-bond acceptors (Lipinski definition) is 2. The molecule has 4 nitrogen and oxygen atoms in total. The van der Waals surface area contributed by atoms with E-state index >= 15 is 0 Å². The number of aromatic nitrogens is 2. The molecule has 0 bridgehead atoms. The Bertz CT molecular complexity index is 502. The van der Waals surface area contributed by atoms with Gasteiger partial charge < -0.3 is 5.11 Å². The van der Waals surface area contributed by atoms with Crippen molar-refractivity contribution in [2.75, 3.05) is 0 Å². The Kier molecular flexibility index (Phi) is 2.41. The Balaban J connectivity index is 2.57. The van der Waals surface area contributed by atoms with Crippen LogP contribution in [0.3, 0.4) is 0 Å². The normalized spacial score (nSPS) is 10.7. The van der Waals surface area contributed by atoms with Crippen molar-refractivity contribution in [3.05, 3.63) is 29.5 Å². The minimum Gasteiger partial charge on any atom is -0.481 e.